The quantitative estimate of drug-likeness (QED) is 0.618. The van der Waals surface area contributed by atoms with Crippen LogP contribution in [0.5, 0.6) is 0 Å². The van der Waals surface area contributed by atoms with E-state index in [4.69, 9.17) is 16.3 Å². The van der Waals surface area contributed by atoms with Crippen molar-refractivity contribution in [3.05, 3.63) is 59.4 Å². The summed E-state index contributed by atoms with van der Waals surface area (Å²) in [5.41, 5.74) is 3.00. The van der Waals surface area contributed by atoms with Crippen LogP contribution in [-0.2, 0) is 22.6 Å². The Kier molecular flexibility index (Phi) is 7.30. The first-order valence-corrected chi connectivity index (χ1v) is 9.44. The van der Waals surface area contributed by atoms with Gasteiger partial charge in [0.05, 0.1) is 18.6 Å². The minimum Gasteiger partial charge on any atom is -0.383 e. The van der Waals surface area contributed by atoms with E-state index >= 15 is 0 Å². The Labute approximate surface area is 161 Å². The van der Waals surface area contributed by atoms with Crippen LogP contribution in [0.4, 0.5) is 0 Å². The maximum atomic E-state index is 12.9. The summed E-state index contributed by atoms with van der Waals surface area (Å²) >= 11 is 6.02. The van der Waals surface area contributed by atoms with Crippen LogP contribution >= 0.6 is 11.6 Å². The molecule has 0 saturated heterocycles. The van der Waals surface area contributed by atoms with Gasteiger partial charge in [0.25, 0.3) is 0 Å². The molecule has 0 bridgehead atoms. The summed E-state index contributed by atoms with van der Waals surface area (Å²) in [5.74, 6) is 0.340. The average Bonchev–Trinajstić information content (AvgIpc) is 3.04. The number of hydrogen-bond donors (Lipinski definition) is 0. The maximum absolute atomic E-state index is 12.9. The normalized spacial score (nSPS) is 11.6. The lowest BCUT2D eigenvalue weighted by Gasteiger charge is -2.31. The molecule has 2 rings (SSSR count). The predicted molar refractivity (Wildman–Crippen MR) is 107 cm³/mol. The van der Waals surface area contributed by atoms with Crippen LogP contribution in [0.2, 0.25) is 0 Å². The second-order valence-corrected chi connectivity index (χ2v) is 7.62. The van der Waals surface area contributed by atoms with Gasteiger partial charge >= 0.3 is 0 Å². The van der Waals surface area contributed by atoms with E-state index in [1.54, 1.807) is 7.11 Å². The molecule has 0 aliphatic heterocycles. The molecule has 0 radical (unpaired) electrons. The number of hydrogen-bond acceptors (Lipinski definition) is 2. The number of aromatic nitrogens is 1. The van der Waals surface area contributed by atoms with Gasteiger partial charge in [0.15, 0.2) is 0 Å². The van der Waals surface area contributed by atoms with Crippen LogP contribution in [0.15, 0.2) is 42.6 Å². The van der Waals surface area contributed by atoms with Crippen molar-refractivity contribution in [2.75, 3.05) is 26.1 Å². The molecule has 1 aromatic heterocycles. The number of methoxy groups -OCH3 is 1. The molecule has 0 fully saturated rings. The zero-order chi connectivity index (χ0) is 19.2. The molecule has 1 heterocycles. The molecule has 0 unspecified atom stereocenters. The van der Waals surface area contributed by atoms with Crippen molar-refractivity contribution < 1.29 is 9.53 Å². The number of aryl methyl sites for hydroxylation is 1. The Morgan fingerprint density at radius 1 is 1.27 bits per heavy atom. The van der Waals surface area contributed by atoms with E-state index in [2.05, 4.69) is 48.0 Å². The average molecular weight is 377 g/mol. The van der Waals surface area contributed by atoms with Crippen molar-refractivity contribution in [2.45, 2.75) is 33.9 Å². The van der Waals surface area contributed by atoms with Crippen molar-refractivity contribution in [3.8, 4) is 0 Å². The Balaban J connectivity index is 2.18. The van der Waals surface area contributed by atoms with Gasteiger partial charge in [-0.3, -0.25) is 4.79 Å². The highest BCUT2D eigenvalue weighted by molar-refractivity contribution is 6.19. The highest BCUT2D eigenvalue weighted by Crippen LogP contribution is 2.22. The SMILES string of the molecule is COCCN(Cc1cccn1Cc1cccc(C)c1)C(=O)C(C)(C)CCl. The van der Waals surface area contributed by atoms with E-state index in [0.29, 0.717) is 25.6 Å². The molecule has 26 heavy (non-hydrogen) atoms. The van der Waals surface area contributed by atoms with E-state index in [9.17, 15) is 4.79 Å². The number of amides is 1. The predicted octanol–water partition coefficient (Wildman–Crippen LogP) is 4.08. The van der Waals surface area contributed by atoms with Crippen molar-refractivity contribution in [2.24, 2.45) is 5.41 Å². The van der Waals surface area contributed by atoms with E-state index in [0.717, 1.165) is 12.2 Å². The van der Waals surface area contributed by atoms with Crippen LogP contribution in [0.1, 0.15) is 30.7 Å². The molecular formula is C21H29ClN2O2. The molecular weight excluding hydrogens is 348 g/mol. The highest BCUT2D eigenvalue weighted by atomic mass is 35.5. The largest absolute Gasteiger partial charge is 0.383 e. The molecule has 0 spiro atoms. The van der Waals surface area contributed by atoms with Gasteiger partial charge in [-0.1, -0.05) is 29.8 Å². The first-order chi connectivity index (χ1) is 12.4. The number of alkyl halides is 1. The van der Waals surface area contributed by atoms with Crippen molar-refractivity contribution >= 4 is 17.5 Å². The van der Waals surface area contributed by atoms with E-state index < -0.39 is 5.41 Å². The van der Waals surface area contributed by atoms with Gasteiger partial charge in [-0.15, -0.1) is 11.6 Å². The fraction of sp³-hybridized carbons (Fsp3) is 0.476. The molecule has 0 saturated carbocycles. The number of carbonyl (C=O) groups is 1. The molecule has 1 aromatic carbocycles. The van der Waals surface area contributed by atoms with Crippen LogP contribution in [0.3, 0.4) is 0 Å². The summed E-state index contributed by atoms with van der Waals surface area (Å²) in [6, 6.07) is 12.6. The van der Waals surface area contributed by atoms with Crippen LogP contribution in [0, 0.1) is 12.3 Å². The number of rotatable bonds is 9. The van der Waals surface area contributed by atoms with Gasteiger partial charge in [0.2, 0.25) is 5.91 Å². The first kappa shape index (κ1) is 20.5. The molecule has 0 aliphatic carbocycles. The minimum atomic E-state index is -0.594. The van der Waals surface area contributed by atoms with Crippen molar-refractivity contribution in [1.82, 2.24) is 9.47 Å². The van der Waals surface area contributed by atoms with Gasteiger partial charge in [-0.05, 0) is 38.5 Å². The molecule has 0 atom stereocenters. The third-order valence-corrected chi connectivity index (χ3v) is 5.15. The van der Waals surface area contributed by atoms with Gasteiger partial charge in [-0.2, -0.15) is 0 Å². The van der Waals surface area contributed by atoms with Gasteiger partial charge in [-0.25, -0.2) is 0 Å². The fourth-order valence-corrected chi connectivity index (χ4v) is 3.00. The summed E-state index contributed by atoms with van der Waals surface area (Å²) in [7, 11) is 1.65. The Morgan fingerprint density at radius 2 is 2.04 bits per heavy atom. The Bertz CT molecular complexity index is 724. The fourth-order valence-electron chi connectivity index (χ4n) is 2.89. The Hall–Kier alpha value is -1.78. The van der Waals surface area contributed by atoms with Crippen LogP contribution in [-0.4, -0.2) is 41.5 Å². The third kappa shape index (κ3) is 5.36. The molecule has 5 heteroatoms. The lowest BCUT2D eigenvalue weighted by Crippen LogP contribution is -2.43. The van der Waals surface area contributed by atoms with Crippen LogP contribution in [0.25, 0.3) is 0 Å². The summed E-state index contributed by atoms with van der Waals surface area (Å²) < 4.78 is 7.38. The van der Waals surface area contributed by atoms with Crippen molar-refractivity contribution in [3.63, 3.8) is 0 Å². The van der Waals surface area contributed by atoms with Gasteiger partial charge < -0.3 is 14.2 Å². The summed E-state index contributed by atoms with van der Waals surface area (Å²) in [4.78, 5) is 14.8. The van der Waals surface area contributed by atoms with E-state index in [-0.39, 0.29) is 5.91 Å². The summed E-state index contributed by atoms with van der Waals surface area (Å²) in [6.07, 6.45) is 2.06. The molecule has 0 N–H and O–H groups in total. The second-order valence-electron chi connectivity index (χ2n) is 7.35. The summed E-state index contributed by atoms with van der Waals surface area (Å²) in [6.45, 7) is 8.24. The number of ether oxygens (including phenoxy) is 1. The van der Waals surface area contributed by atoms with Gasteiger partial charge in [0, 0.05) is 38.0 Å². The molecule has 142 valence electrons. The third-order valence-electron chi connectivity index (χ3n) is 4.48. The molecule has 2 aromatic rings. The zero-order valence-corrected chi connectivity index (χ0v) is 16.9. The maximum Gasteiger partial charge on any atom is 0.229 e. The smallest absolute Gasteiger partial charge is 0.229 e. The zero-order valence-electron chi connectivity index (χ0n) is 16.2. The number of benzene rings is 1. The van der Waals surface area contributed by atoms with Crippen LogP contribution < -0.4 is 0 Å². The molecule has 1 amide bonds. The standard InChI is InChI=1S/C21H29ClN2O2/c1-17-7-5-8-18(13-17)14-23-10-6-9-19(23)15-24(11-12-26-4)20(25)21(2,3)16-22/h5-10,13H,11-12,14-16H2,1-4H3. The lowest BCUT2D eigenvalue weighted by molar-refractivity contribution is -0.140. The summed E-state index contributed by atoms with van der Waals surface area (Å²) in [5, 5.41) is 0. The first-order valence-electron chi connectivity index (χ1n) is 8.91. The molecule has 4 nitrogen and oxygen atoms in total. The number of carbonyl (C=O) groups excluding carboxylic acids is 1. The lowest BCUT2D eigenvalue weighted by atomic mass is 9.94. The Morgan fingerprint density at radius 3 is 2.69 bits per heavy atom. The highest BCUT2D eigenvalue weighted by Gasteiger charge is 2.31. The van der Waals surface area contributed by atoms with E-state index in [1.807, 2.05) is 24.8 Å². The monoisotopic (exact) mass is 376 g/mol. The number of halogens is 1. The minimum absolute atomic E-state index is 0.0489. The van der Waals surface area contributed by atoms with E-state index in [1.165, 1.54) is 11.1 Å². The topological polar surface area (TPSA) is 34.5 Å². The van der Waals surface area contributed by atoms with Crippen molar-refractivity contribution in [1.29, 1.82) is 0 Å². The number of nitrogens with zero attached hydrogens (tertiary/aromatic N) is 2. The second kappa shape index (κ2) is 9.24. The van der Waals surface area contributed by atoms with Gasteiger partial charge in [0.1, 0.15) is 0 Å². The molecule has 0 aliphatic rings.